The molecular weight excluding hydrogens is 242 g/mol. The van der Waals surface area contributed by atoms with E-state index in [2.05, 4.69) is 40.8 Å². The SMILES string of the molecule is CCc1nnsc1C(N)CCCc1ccccc1. The van der Waals surface area contributed by atoms with Gasteiger partial charge in [0.05, 0.1) is 10.6 Å². The van der Waals surface area contributed by atoms with E-state index < -0.39 is 0 Å². The molecule has 1 heterocycles. The van der Waals surface area contributed by atoms with Gasteiger partial charge in [-0.3, -0.25) is 0 Å². The Morgan fingerprint density at radius 3 is 2.78 bits per heavy atom. The number of aromatic nitrogens is 2. The first-order chi connectivity index (χ1) is 8.81. The maximum Gasteiger partial charge on any atom is 0.0800 e. The summed E-state index contributed by atoms with van der Waals surface area (Å²) in [5.74, 6) is 0. The van der Waals surface area contributed by atoms with Gasteiger partial charge >= 0.3 is 0 Å². The average molecular weight is 261 g/mol. The van der Waals surface area contributed by atoms with Crippen molar-refractivity contribution in [3.63, 3.8) is 0 Å². The molecule has 0 aliphatic carbocycles. The number of hydrogen-bond acceptors (Lipinski definition) is 4. The number of nitrogens with zero attached hydrogens (tertiary/aromatic N) is 2. The number of aryl methyl sites for hydroxylation is 2. The summed E-state index contributed by atoms with van der Waals surface area (Å²) in [6.07, 6.45) is 4.10. The summed E-state index contributed by atoms with van der Waals surface area (Å²) in [4.78, 5) is 1.16. The van der Waals surface area contributed by atoms with E-state index in [1.54, 1.807) is 0 Å². The minimum absolute atomic E-state index is 0.0867. The zero-order chi connectivity index (χ0) is 12.8. The summed E-state index contributed by atoms with van der Waals surface area (Å²) in [5, 5.41) is 4.11. The molecule has 0 amide bonds. The van der Waals surface area contributed by atoms with Crippen molar-refractivity contribution in [2.24, 2.45) is 5.73 Å². The molecule has 0 saturated carbocycles. The van der Waals surface area contributed by atoms with Crippen LogP contribution in [0.1, 0.15) is 41.9 Å². The highest BCUT2D eigenvalue weighted by atomic mass is 32.1. The summed E-state index contributed by atoms with van der Waals surface area (Å²) in [7, 11) is 0. The zero-order valence-electron chi connectivity index (χ0n) is 10.7. The molecule has 1 unspecified atom stereocenters. The number of rotatable bonds is 6. The van der Waals surface area contributed by atoms with Gasteiger partial charge in [0.2, 0.25) is 0 Å². The fourth-order valence-electron chi connectivity index (χ4n) is 2.04. The average Bonchev–Trinajstić information content (AvgIpc) is 2.88. The molecular formula is C14H19N3S. The van der Waals surface area contributed by atoms with Crippen LogP contribution in [0.4, 0.5) is 0 Å². The second-order valence-electron chi connectivity index (χ2n) is 4.42. The summed E-state index contributed by atoms with van der Waals surface area (Å²) in [6, 6.07) is 10.6. The van der Waals surface area contributed by atoms with Crippen molar-refractivity contribution in [2.45, 2.75) is 38.6 Å². The third-order valence-electron chi connectivity index (χ3n) is 3.08. The van der Waals surface area contributed by atoms with Crippen LogP contribution in [0.2, 0.25) is 0 Å². The first kappa shape index (κ1) is 13.2. The van der Waals surface area contributed by atoms with Crippen LogP contribution in [0.5, 0.6) is 0 Å². The molecule has 0 saturated heterocycles. The van der Waals surface area contributed by atoms with Crippen LogP contribution in [-0.2, 0) is 12.8 Å². The molecule has 0 aliphatic heterocycles. The maximum absolute atomic E-state index is 6.21. The Balaban J connectivity index is 1.84. The molecule has 0 aliphatic rings. The van der Waals surface area contributed by atoms with Gasteiger partial charge in [-0.25, -0.2) is 0 Å². The standard InChI is InChI=1S/C14H19N3S/c1-2-13-14(18-17-16-13)12(15)10-6-9-11-7-4-3-5-8-11/h3-5,7-8,12H,2,6,9-10,15H2,1H3. The fourth-order valence-corrected chi connectivity index (χ4v) is 2.82. The Bertz CT molecular complexity index is 467. The summed E-state index contributed by atoms with van der Waals surface area (Å²) in [6.45, 7) is 2.09. The van der Waals surface area contributed by atoms with E-state index in [1.807, 2.05) is 6.07 Å². The molecule has 1 aromatic heterocycles. The number of benzene rings is 1. The van der Waals surface area contributed by atoms with Crippen molar-refractivity contribution in [2.75, 3.05) is 0 Å². The van der Waals surface area contributed by atoms with E-state index in [1.165, 1.54) is 17.1 Å². The Labute approximate surface area is 112 Å². The van der Waals surface area contributed by atoms with Gasteiger partial charge in [0.25, 0.3) is 0 Å². The lowest BCUT2D eigenvalue weighted by Gasteiger charge is -2.10. The highest BCUT2D eigenvalue weighted by Gasteiger charge is 2.13. The molecule has 96 valence electrons. The van der Waals surface area contributed by atoms with Crippen LogP contribution in [0.3, 0.4) is 0 Å². The molecule has 0 spiro atoms. The molecule has 18 heavy (non-hydrogen) atoms. The molecule has 2 rings (SSSR count). The largest absolute Gasteiger partial charge is 0.323 e. The van der Waals surface area contributed by atoms with Crippen LogP contribution in [-0.4, -0.2) is 9.59 Å². The first-order valence-electron chi connectivity index (χ1n) is 6.42. The number of hydrogen-bond donors (Lipinski definition) is 1. The minimum Gasteiger partial charge on any atom is -0.323 e. The Morgan fingerprint density at radius 1 is 1.28 bits per heavy atom. The molecule has 0 radical (unpaired) electrons. The van der Waals surface area contributed by atoms with Crippen molar-refractivity contribution >= 4 is 11.5 Å². The molecule has 1 atom stereocenters. The lowest BCUT2D eigenvalue weighted by molar-refractivity contribution is 0.614. The van der Waals surface area contributed by atoms with Gasteiger partial charge in [0, 0.05) is 6.04 Å². The molecule has 0 fully saturated rings. The van der Waals surface area contributed by atoms with Crippen molar-refractivity contribution in [1.82, 2.24) is 9.59 Å². The first-order valence-corrected chi connectivity index (χ1v) is 7.19. The van der Waals surface area contributed by atoms with Crippen molar-refractivity contribution in [3.8, 4) is 0 Å². The number of nitrogens with two attached hydrogens (primary N) is 1. The zero-order valence-corrected chi connectivity index (χ0v) is 11.5. The molecule has 3 nitrogen and oxygen atoms in total. The van der Waals surface area contributed by atoms with Gasteiger partial charge in [0.15, 0.2) is 0 Å². The quantitative estimate of drug-likeness (QED) is 0.869. The molecule has 1 aromatic carbocycles. The maximum atomic E-state index is 6.21. The highest BCUT2D eigenvalue weighted by molar-refractivity contribution is 7.05. The third-order valence-corrected chi connectivity index (χ3v) is 3.98. The van der Waals surface area contributed by atoms with Crippen molar-refractivity contribution in [3.05, 3.63) is 46.5 Å². The second-order valence-corrected chi connectivity index (χ2v) is 5.21. The Morgan fingerprint density at radius 2 is 2.06 bits per heavy atom. The van der Waals surface area contributed by atoms with Crippen LogP contribution in [0.15, 0.2) is 30.3 Å². The van der Waals surface area contributed by atoms with E-state index in [0.29, 0.717) is 0 Å². The topological polar surface area (TPSA) is 51.8 Å². The highest BCUT2D eigenvalue weighted by Crippen LogP contribution is 2.23. The summed E-state index contributed by atoms with van der Waals surface area (Å²) in [5.41, 5.74) is 8.65. The van der Waals surface area contributed by atoms with E-state index in [0.717, 1.165) is 36.3 Å². The van der Waals surface area contributed by atoms with E-state index >= 15 is 0 Å². The molecule has 4 heteroatoms. The lowest BCUT2D eigenvalue weighted by atomic mass is 10.0. The second kappa shape index (κ2) is 6.61. The minimum atomic E-state index is 0.0867. The Kier molecular flexibility index (Phi) is 4.84. The van der Waals surface area contributed by atoms with Gasteiger partial charge in [-0.05, 0) is 42.8 Å². The third kappa shape index (κ3) is 3.37. The molecule has 0 bridgehead atoms. The molecule has 2 N–H and O–H groups in total. The fraction of sp³-hybridized carbons (Fsp3) is 0.429. The summed E-state index contributed by atoms with van der Waals surface area (Å²) >= 11 is 1.44. The van der Waals surface area contributed by atoms with Gasteiger partial charge < -0.3 is 5.73 Å². The predicted molar refractivity (Wildman–Crippen MR) is 75.6 cm³/mol. The van der Waals surface area contributed by atoms with Gasteiger partial charge in [-0.15, -0.1) is 5.10 Å². The van der Waals surface area contributed by atoms with E-state index in [9.17, 15) is 0 Å². The molecule has 2 aromatic rings. The van der Waals surface area contributed by atoms with Crippen molar-refractivity contribution < 1.29 is 0 Å². The van der Waals surface area contributed by atoms with Crippen LogP contribution >= 0.6 is 11.5 Å². The van der Waals surface area contributed by atoms with Crippen molar-refractivity contribution in [1.29, 1.82) is 0 Å². The predicted octanol–water partition coefficient (Wildman–Crippen LogP) is 3.12. The van der Waals surface area contributed by atoms with E-state index in [4.69, 9.17) is 5.73 Å². The van der Waals surface area contributed by atoms with Gasteiger partial charge in [-0.2, -0.15) is 0 Å². The van der Waals surface area contributed by atoms with Gasteiger partial charge in [-0.1, -0.05) is 41.7 Å². The monoisotopic (exact) mass is 261 g/mol. The van der Waals surface area contributed by atoms with Crippen LogP contribution < -0.4 is 5.73 Å². The van der Waals surface area contributed by atoms with E-state index in [-0.39, 0.29) is 6.04 Å². The van der Waals surface area contributed by atoms with Crippen LogP contribution in [0.25, 0.3) is 0 Å². The lowest BCUT2D eigenvalue weighted by Crippen LogP contribution is -2.11. The van der Waals surface area contributed by atoms with Gasteiger partial charge in [0.1, 0.15) is 0 Å². The summed E-state index contributed by atoms with van der Waals surface area (Å²) < 4.78 is 3.99. The normalized spacial score (nSPS) is 12.6. The Hall–Kier alpha value is -1.26. The van der Waals surface area contributed by atoms with Crippen LogP contribution in [0, 0.1) is 0 Å². The smallest absolute Gasteiger partial charge is 0.0800 e.